The maximum atomic E-state index is 10.0. The van der Waals surface area contributed by atoms with Crippen molar-refractivity contribution in [1.29, 1.82) is 10.5 Å². The van der Waals surface area contributed by atoms with Gasteiger partial charge in [-0.3, -0.25) is 0 Å². The van der Waals surface area contributed by atoms with Gasteiger partial charge in [0.2, 0.25) is 0 Å². The number of nitrogens with two attached hydrogens (primary N) is 1. The lowest BCUT2D eigenvalue weighted by atomic mass is 9.88. The van der Waals surface area contributed by atoms with Crippen molar-refractivity contribution in [3.05, 3.63) is 35.7 Å². The zero-order valence-electron chi connectivity index (χ0n) is 13.7. The Bertz CT molecular complexity index is 828. The second-order valence-corrected chi connectivity index (χ2v) is 7.70. The van der Waals surface area contributed by atoms with Crippen molar-refractivity contribution in [2.75, 3.05) is 18.4 Å². The van der Waals surface area contributed by atoms with Gasteiger partial charge in [0, 0.05) is 23.7 Å². The first-order valence-electron chi connectivity index (χ1n) is 8.39. The number of hydrogen-bond donors (Lipinski definition) is 2. The SMILES string of the molecule is N#CC1=C(N)N=C(N2CCCCC2)C(C#N)C12Nc1ccccc1S2. The third-order valence-electron chi connectivity index (χ3n) is 4.93. The Hall–Kier alpha value is -2.64. The maximum Gasteiger partial charge on any atom is 0.151 e. The zero-order chi connectivity index (χ0) is 17.4. The van der Waals surface area contributed by atoms with Gasteiger partial charge in [0.1, 0.15) is 29.2 Å². The monoisotopic (exact) mass is 350 g/mol. The van der Waals surface area contributed by atoms with Gasteiger partial charge < -0.3 is 16.0 Å². The lowest BCUT2D eigenvalue weighted by molar-refractivity contribution is 0.326. The minimum atomic E-state index is -0.911. The summed E-state index contributed by atoms with van der Waals surface area (Å²) in [5.74, 6) is 0.318. The van der Waals surface area contributed by atoms with Gasteiger partial charge in [0.05, 0.1) is 6.07 Å². The molecule has 0 aliphatic carbocycles. The van der Waals surface area contributed by atoms with E-state index in [0.29, 0.717) is 11.4 Å². The molecule has 0 amide bonds. The molecule has 1 fully saturated rings. The summed E-state index contributed by atoms with van der Waals surface area (Å²) in [6.45, 7) is 1.75. The number of para-hydroxylation sites is 1. The average molecular weight is 350 g/mol. The predicted octanol–water partition coefficient (Wildman–Crippen LogP) is 2.63. The topological polar surface area (TPSA) is 101 Å². The minimum absolute atomic E-state index is 0.211. The molecule has 0 saturated carbocycles. The molecule has 2 unspecified atom stereocenters. The van der Waals surface area contributed by atoms with E-state index < -0.39 is 10.8 Å². The summed E-state index contributed by atoms with van der Waals surface area (Å²) >= 11 is 1.49. The highest BCUT2D eigenvalue weighted by Crippen LogP contribution is 2.54. The number of nitrogens with zero attached hydrogens (tertiary/aromatic N) is 4. The number of anilines is 1. The van der Waals surface area contributed by atoms with E-state index in [1.54, 1.807) is 0 Å². The summed E-state index contributed by atoms with van der Waals surface area (Å²) < 4.78 is 0. The Kier molecular flexibility index (Phi) is 3.82. The van der Waals surface area contributed by atoms with Crippen LogP contribution in [0.2, 0.25) is 0 Å². The van der Waals surface area contributed by atoms with E-state index in [-0.39, 0.29) is 5.82 Å². The van der Waals surface area contributed by atoms with Crippen LogP contribution in [0.3, 0.4) is 0 Å². The molecule has 1 aromatic carbocycles. The Morgan fingerprint density at radius 2 is 2.00 bits per heavy atom. The van der Waals surface area contributed by atoms with Gasteiger partial charge in [-0.05, 0) is 31.4 Å². The summed E-state index contributed by atoms with van der Waals surface area (Å²) in [6.07, 6.45) is 3.36. The largest absolute Gasteiger partial charge is 0.383 e. The Balaban J connectivity index is 1.83. The normalized spacial score (nSPS) is 28.0. The number of rotatable bonds is 0. The number of fused-ring (bicyclic) bond motifs is 1. The number of thioether (sulfide) groups is 1. The lowest BCUT2D eigenvalue weighted by Crippen LogP contribution is -2.53. The van der Waals surface area contributed by atoms with Gasteiger partial charge in [0.15, 0.2) is 4.87 Å². The first-order chi connectivity index (χ1) is 12.2. The van der Waals surface area contributed by atoms with Crippen LogP contribution in [0.15, 0.2) is 45.5 Å². The quantitative estimate of drug-likeness (QED) is 0.746. The van der Waals surface area contributed by atoms with Crippen molar-refractivity contribution in [2.24, 2.45) is 16.6 Å². The summed E-state index contributed by atoms with van der Waals surface area (Å²) in [6, 6.07) is 12.5. The molecular weight excluding hydrogens is 332 g/mol. The van der Waals surface area contributed by atoms with Crippen molar-refractivity contribution in [3.8, 4) is 12.1 Å². The molecule has 0 radical (unpaired) electrons. The zero-order valence-corrected chi connectivity index (χ0v) is 14.5. The fraction of sp³-hybridized carbons (Fsp3) is 0.389. The molecule has 4 rings (SSSR count). The number of benzene rings is 1. The minimum Gasteiger partial charge on any atom is -0.383 e. The molecule has 0 aromatic heterocycles. The molecule has 2 atom stereocenters. The molecule has 3 heterocycles. The van der Waals surface area contributed by atoms with Gasteiger partial charge >= 0.3 is 0 Å². The van der Waals surface area contributed by atoms with E-state index in [0.717, 1.165) is 36.5 Å². The van der Waals surface area contributed by atoms with Crippen molar-refractivity contribution < 1.29 is 0 Å². The van der Waals surface area contributed by atoms with Crippen molar-refractivity contribution in [2.45, 2.75) is 29.0 Å². The molecule has 1 spiro atoms. The van der Waals surface area contributed by atoms with E-state index in [1.165, 1.54) is 18.2 Å². The third kappa shape index (κ3) is 2.35. The number of hydrogen-bond acceptors (Lipinski definition) is 7. The molecule has 3 N–H and O–H groups in total. The van der Waals surface area contributed by atoms with Gasteiger partial charge in [-0.25, -0.2) is 4.99 Å². The second kappa shape index (κ2) is 6.02. The molecule has 1 saturated heterocycles. The standard InChI is InChI=1S/C18H18N6S/c19-10-12-16(21)22-17(24-8-4-1-5-9-24)13(11-20)18(12)23-14-6-2-3-7-15(14)25-18/h2-3,6-7,13,23H,1,4-5,8-9,21H2. The molecule has 0 bridgehead atoms. The van der Waals surface area contributed by atoms with E-state index in [2.05, 4.69) is 27.3 Å². The lowest BCUT2D eigenvalue weighted by Gasteiger charge is -2.41. The fourth-order valence-electron chi connectivity index (χ4n) is 3.73. The summed E-state index contributed by atoms with van der Waals surface area (Å²) in [4.78, 5) is 6.76. The highest BCUT2D eigenvalue weighted by molar-refractivity contribution is 8.01. The Labute approximate surface area is 151 Å². The third-order valence-corrected chi connectivity index (χ3v) is 6.37. The number of piperidine rings is 1. The Morgan fingerprint density at radius 3 is 2.68 bits per heavy atom. The van der Waals surface area contributed by atoms with E-state index in [1.807, 2.05) is 24.3 Å². The molecule has 3 aliphatic heterocycles. The Morgan fingerprint density at radius 1 is 1.24 bits per heavy atom. The van der Waals surface area contributed by atoms with Crippen LogP contribution in [0.25, 0.3) is 0 Å². The maximum absolute atomic E-state index is 10.0. The van der Waals surface area contributed by atoms with Crippen LogP contribution in [-0.4, -0.2) is 28.7 Å². The van der Waals surface area contributed by atoms with Crippen molar-refractivity contribution in [3.63, 3.8) is 0 Å². The van der Waals surface area contributed by atoms with Crippen molar-refractivity contribution in [1.82, 2.24) is 4.90 Å². The van der Waals surface area contributed by atoms with E-state index in [9.17, 15) is 10.5 Å². The van der Waals surface area contributed by atoms with Crippen LogP contribution in [0.4, 0.5) is 5.69 Å². The molecule has 1 aromatic rings. The van der Waals surface area contributed by atoms with Crippen LogP contribution in [0.5, 0.6) is 0 Å². The van der Waals surface area contributed by atoms with Crippen LogP contribution in [0, 0.1) is 28.6 Å². The number of nitrogens with one attached hydrogen (secondary N) is 1. The number of aliphatic imine (C=N–C) groups is 1. The first kappa shape index (κ1) is 15.9. The first-order valence-corrected chi connectivity index (χ1v) is 9.21. The number of likely N-dealkylation sites (tertiary alicyclic amines) is 1. The molecule has 126 valence electrons. The molecular formula is C18H18N6S. The fourth-order valence-corrected chi connectivity index (χ4v) is 5.14. The highest BCUT2D eigenvalue weighted by Gasteiger charge is 2.54. The average Bonchev–Trinajstić information content (AvgIpc) is 3.01. The van der Waals surface area contributed by atoms with Gasteiger partial charge in [-0.2, -0.15) is 10.5 Å². The van der Waals surface area contributed by atoms with Crippen LogP contribution < -0.4 is 11.1 Å². The molecule has 3 aliphatic rings. The summed E-state index contributed by atoms with van der Waals surface area (Å²) in [5.41, 5.74) is 7.43. The highest BCUT2D eigenvalue weighted by atomic mass is 32.2. The summed E-state index contributed by atoms with van der Waals surface area (Å²) in [5, 5.41) is 23.2. The van der Waals surface area contributed by atoms with E-state index >= 15 is 0 Å². The van der Waals surface area contributed by atoms with Gasteiger partial charge in [0.25, 0.3) is 0 Å². The number of nitriles is 2. The van der Waals surface area contributed by atoms with Crippen molar-refractivity contribution >= 4 is 23.3 Å². The summed E-state index contributed by atoms with van der Waals surface area (Å²) in [7, 11) is 0. The predicted molar refractivity (Wildman–Crippen MR) is 97.4 cm³/mol. The van der Waals surface area contributed by atoms with E-state index in [4.69, 9.17) is 5.73 Å². The second-order valence-electron chi connectivity index (χ2n) is 6.41. The number of amidine groups is 1. The molecule has 7 heteroatoms. The van der Waals surface area contributed by atoms with Crippen LogP contribution >= 0.6 is 11.8 Å². The molecule has 25 heavy (non-hydrogen) atoms. The smallest absolute Gasteiger partial charge is 0.151 e. The van der Waals surface area contributed by atoms with Gasteiger partial charge in [-0.15, -0.1) is 0 Å². The van der Waals surface area contributed by atoms with Gasteiger partial charge in [-0.1, -0.05) is 23.9 Å². The van der Waals surface area contributed by atoms with Crippen LogP contribution in [-0.2, 0) is 0 Å². The van der Waals surface area contributed by atoms with Crippen LogP contribution in [0.1, 0.15) is 19.3 Å². The molecule has 6 nitrogen and oxygen atoms in total.